The molecule has 2 aliphatic heterocycles. The zero-order chi connectivity index (χ0) is 18.9. The first-order valence-corrected chi connectivity index (χ1v) is 11.2. The van der Waals surface area contributed by atoms with Gasteiger partial charge in [0.25, 0.3) is 0 Å². The van der Waals surface area contributed by atoms with Crippen LogP contribution in [0.5, 0.6) is 0 Å². The third kappa shape index (κ3) is 4.39. The predicted molar refractivity (Wildman–Crippen MR) is 108 cm³/mol. The molecule has 1 unspecified atom stereocenters. The molecule has 7 nitrogen and oxygen atoms in total. The van der Waals surface area contributed by atoms with Crippen LogP contribution in [-0.2, 0) is 9.84 Å². The summed E-state index contributed by atoms with van der Waals surface area (Å²) in [5.41, 5.74) is 1.88. The highest BCUT2D eigenvalue weighted by molar-refractivity contribution is 7.91. The van der Waals surface area contributed by atoms with Gasteiger partial charge in [0, 0.05) is 43.9 Å². The molecule has 144 valence electrons. The number of hydrogen-bond acceptors (Lipinski definition) is 7. The van der Waals surface area contributed by atoms with Gasteiger partial charge < -0.3 is 15.1 Å². The maximum absolute atomic E-state index is 11.8. The Balaban J connectivity index is 1.64. The van der Waals surface area contributed by atoms with Crippen LogP contribution in [-0.4, -0.2) is 74.1 Å². The number of nitrogens with one attached hydrogen (secondary N) is 1. The van der Waals surface area contributed by atoms with Gasteiger partial charge in [-0.05, 0) is 13.5 Å². The predicted octanol–water partition coefficient (Wildman–Crippen LogP) is 1.49. The topological polar surface area (TPSA) is 78.4 Å². The van der Waals surface area contributed by atoms with Gasteiger partial charge in [-0.3, -0.25) is 0 Å². The molecule has 2 fully saturated rings. The van der Waals surface area contributed by atoms with E-state index in [9.17, 15) is 8.42 Å². The van der Waals surface area contributed by atoms with Crippen molar-refractivity contribution in [1.29, 1.82) is 0 Å². The van der Waals surface area contributed by atoms with E-state index in [0.29, 0.717) is 18.2 Å². The molecule has 1 aromatic carbocycles. The average Bonchev–Trinajstić information content (AvgIpc) is 3.01. The summed E-state index contributed by atoms with van der Waals surface area (Å²) in [7, 11) is -0.819. The molecule has 1 aromatic heterocycles. The lowest BCUT2D eigenvalue weighted by Gasteiger charge is -2.32. The number of aromatic nitrogens is 2. The van der Waals surface area contributed by atoms with Crippen molar-refractivity contribution < 1.29 is 8.42 Å². The van der Waals surface area contributed by atoms with Crippen LogP contribution >= 0.6 is 0 Å². The standard InChI is InChI=1S/C19H25N5O2S/c1-23-8-10-24(11-9-23)19-21-17(15-5-3-2-4-6-15)13-18(22-19)20-16-7-12-27(25,26)14-16/h2-6,13,16H,7-12,14H2,1H3,(H,20,21,22). The van der Waals surface area contributed by atoms with E-state index in [1.165, 1.54) is 0 Å². The summed E-state index contributed by atoms with van der Waals surface area (Å²) < 4.78 is 23.6. The summed E-state index contributed by atoms with van der Waals surface area (Å²) in [5.74, 6) is 1.81. The number of rotatable bonds is 4. The quantitative estimate of drug-likeness (QED) is 0.852. The van der Waals surface area contributed by atoms with Crippen LogP contribution in [0.3, 0.4) is 0 Å². The Morgan fingerprint density at radius 3 is 2.48 bits per heavy atom. The minimum Gasteiger partial charge on any atom is -0.366 e. The van der Waals surface area contributed by atoms with Crippen molar-refractivity contribution in [3.63, 3.8) is 0 Å². The van der Waals surface area contributed by atoms with E-state index >= 15 is 0 Å². The highest BCUT2D eigenvalue weighted by atomic mass is 32.2. The van der Waals surface area contributed by atoms with Gasteiger partial charge in [-0.1, -0.05) is 30.3 Å². The lowest BCUT2D eigenvalue weighted by molar-refractivity contribution is 0.311. The Morgan fingerprint density at radius 2 is 1.81 bits per heavy atom. The van der Waals surface area contributed by atoms with Crippen molar-refractivity contribution in [1.82, 2.24) is 14.9 Å². The number of benzene rings is 1. The van der Waals surface area contributed by atoms with E-state index in [2.05, 4.69) is 22.2 Å². The molecule has 1 atom stereocenters. The number of likely N-dealkylation sites (N-methyl/N-ethyl adjacent to an activating group) is 1. The lowest BCUT2D eigenvalue weighted by Crippen LogP contribution is -2.45. The highest BCUT2D eigenvalue weighted by Crippen LogP contribution is 2.25. The summed E-state index contributed by atoms with van der Waals surface area (Å²) in [6.45, 7) is 3.71. The summed E-state index contributed by atoms with van der Waals surface area (Å²) in [5, 5.41) is 3.33. The number of nitrogens with zero attached hydrogens (tertiary/aromatic N) is 4. The first-order chi connectivity index (χ1) is 13.0. The number of piperazine rings is 1. The van der Waals surface area contributed by atoms with Crippen molar-refractivity contribution in [3.05, 3.63) is 36.4 Å². The molecule has 4 rings (SSSR count). The average molecular weight is 388 g/mol. The molecule has 1 N–H and O–H groups in total. The normalized spacial score (nSPS) is 22.7. The molecule has 0 amide bonds. The monoisotopic (exact) mass is 387 g/mol. The van der Waals surface area contributed by atoms with Gasteiger partial charge in [-0.15, -0.1) is 0 Å². The van der Waals surface area contributed by atoms with Crippen molar-refractivity contribution in [2.75, 3.05) is 54.9 Å². The van der Waals surface area contributed by atoms with Gasteiger partial charge in [0.15, 0.2) is 9.84 Å². The van der Waals surface area contributed by atoms with Crippen LogP contribution in [0, 0.1) is 0 Å². The summed E-state index contributed by atoms with van der Waals surface area (Å²) in [6.07, 6.45) is 0.622. The van der Waals surface area contributed by atoms with Gasteiger partial charge in [0.1, 0.15) is 5.82 Å². The van der Waals surface area contributed by atoms with Crippen LogP contribution in [0.25, 0.3) is 11.3 Å². The van der Waals surface area contributed by atoms with Gasteiger partial charge >= 0.3 is 0 Å². The van der Waals surface area contributed by atoms with E-state index in [0.717, 1.165) is 37.4 Å². The van der Waals surface area contributed by atoms with Crippen LogP contribution in [0.2, 0.25) is 0 Å². The summed E-state index contributed by atoms with van der Waals surface area (Å²) >= 11 is 0. The maximum atomic E-state index is 11.8. The van der Waals surface area contributed by atoms with Crippen molar-refractivity contribution in [2.45, 2.75) is 12.5 Å². The molecular formula is C19H25N5O2S. The first-order valence-electron chi connectivity index (χ1n) is 9.33. The van der Waals surface area contributed by atoms with E-state index in [1.54, 1.807) is 0 Å². The zero-order valence-corrected chi connectivity index (χ0v) is 16.3. The Morgan fingerprint density at radius 1 is 1.07 bits per heavy atom. The van der Waals surface area contributed by atoms with Crippen LogP contribution in [0.4, 0.5) is 11.8 Å². The molecule has 0 spiro atoms. The number of hydrogen-bond donors (Lipinski definition) is 1. The minimum atomic E-state index is -2.94. The van der Waals surface area contributed by atoms with E-state index in [-0.39, 0.29) is 17.5 Å². The molecule has 2 aromatic rings. The lowest BCUT2D eigenvalue weighted by atomic mass is 10.1. The molecule has 2 saturated heterocycles. The second kappa shape index (κ2) is 7.44. The molecule has 0 radical (unpaired) electrons. The minimum absolute atomic E-state index is 0.0890. The fourth-order valence-corrected chi connectivity index (χ4v) is 5.20. The molecule has 27 heavy (non-hydrogen) atoms. The fourth-order valence-electron chi connectivity index (χ4n) is 3.53. The van der Waals surface area contributed by atoms with Crippen LogP contribution in [0.1, 0.15) is 6.42 Å². The van der Waals surface area contributed by atoms with Gasteiger partial charge in [-0.2, -0.15) is 4.98 Å². The number of sulfone groups is 1. The Kier molecular flexibility index (Phi) is 5.01. The largest absolute Gasteiger partial charge is 0.366 e. The second-order valence-corrected chi connectivity index (χ2v) is 9.57. The molecular weight excluding hydrogens is 362 g/mol. The highest BCUT2D eigenvalue weighted by Gasteiger charge is 2.28. The smallest absolute Gasteiger partial charge is 0.227 e. The van der Waals surface area contributed by atoms with Crippen molar-refractivity contribution in [2.24, 2.45) is 0 Å². The van der Waals surface area contributed by atoms with Crippen LogP contribution < -0.4 is 10.2 Å². The molecule has 2 aliphatic rings. The number of anilines is 2. The van der Waals surface area contributed by atoms with E-state index in [4.69, 9.17) is 9.97 Å². The van der Waals surface area contributed by atoms with E-state index < -0.39 is 9.84 Å². The third-order valence-electron chi connectivity index (χ3n) is 5.15. The Hall–Kier alpha value is -2.19. The molecule has 0 aliphatic carbocycles. The van der Waals surface area contributed by atoms with Crippen molar-refractivity contribution >= 4 is 21.6 Å². The van der Waals surface area contributed by atoms with Gasteiger partial charge in [0.05, 0.1) is 17.2 Å². The summed E-state index contributed by atoms with van der Waals surface area (Å²) in [6, 6.07) is 11.8. The maximum Gasteiger partial charge on any atom is 0.227 e. The van der Waals surface area contributed by atoms with E-state index in [1.807, 2.05) is 36.4 Å². The second-order valence-electron chi connectivity index (χ2n) is 7.34. The Labute approximate surface area is 160 Å². The van der Waals surface area contributed by atoms with Gasteiger partial charge in [-0.25, -0.2) is 13.4 Å². The third-order valence-corrected chi connectivity index (χ3v) is 6.92. The Bertz CT molecular complexity index is 896. The summed E-state index contributed by atoms with van der Waals surface area (Å²) in [4.78, 5) is 14.0. The first kappa shape index (κ1) is 18.2. The van der Waals surface area contributed by atoms with Crippen LogP contribution in [0.15, 0.2) is 36.4 Å². The SMILES string of the molecule is CN1CCN(c2nc(NC3CCS(=O)(=O)C3)cc(-c3ccccc3)n2)CC1. The molecule has 3 heterocycles. The molecule has 0 saturated carbocycles. The van der Waals surface area contributed by atoms with Crippen molar-refractivity contribution in [3.8, 4) is 11.3 Å². The zero-order valence-electron chi connectivity index (χ0n) is 15.5. The molecule has 8 heteroatoms. The fraction of sp³-hybridized carbons (Fsp3) is 0.474. The van der Waals surface area contributed by atoms with Gasteiger partial charge in [0.2, 0.25) is 5.95 Å². The molecule has 0 bridgehead atoms.